The fraction of sp³-hybridized carbons (Fsp3) is 1.00. The summed E-state index contributed by atoms with van der Waals surface area (Å²) in [7, 11) is 0. The Morgan fingerprint density at radius 3 is 2.85 bits per heavy atom. The van der Waals surface area contributed by atoms with Crippen molar-refractivity contribution in [3.05, 3.63) is 0 Å². The molecule has 1 atom stereocenters. The Morgan fingerprint density at radius 2 is 2.23 bits per heavy atom. The van der Waals surface area contributed by atoms with Gasteiger partial charge in [0.05, 0.1) is 0 Å². The molecular formula is C11H22BrN. The molecule has 0 bridgehead atoms. The molecule has 2 heteroatoms. The van der Waals surface area contributed by atoms with Crippen molar-refractivity contribution in [1.29, 1.82) is 0 Å². The third kappa shape index (κ3) is 4.46. The zero-order valence-electron chi connectivity index (χ0n) is 8.93. The summed E-state index contributed by atoms with van der Waals surface area (Å²) in [6.07, 6.45) is 4.14. The highest BCUT2D eigenvalue weighted by atomic mass is 79.9. The number of hydrogen-bond acceptors (Lipinski definition) is 1. The zero-order valence-corrected chi connectivity index (χ0v) is 10.5. The first-order valence-electron chi connectivity index (χ1n) is 5.50. The first-order valence-corrected chi connectivity index (χ1v) is 6.63. The SMILES string of the molecule is CC(C)CCN1CCC(CCBr)C1. The van der Waals surface area contributed by atoms with Gasteiger partial charge >= 0.3 is 0 Å². The second-order valence-electron chi connectivity index (χ2n) is 4.62. The molecule has 0 aliphatic carbocycles. The standard InChI is InChI=1S/C11H22BrN/c1-10(2)4-7-13-8-5-11(9-13)3-6-12/h10-11H,3-9H2,1-2H3. The third-order valence-corrected chi connectivity index (χ3v) is 3.37. The van der Waals surface area contributed by atoms with E-state index in [0.717, 1.165) is 11.8 Å². The molecule has 1 heterocycles. The molecule has 0 spiro atoms. The van der Waals surface area contributed by atoms with Crippen molar-refractivity contribution in [2.24, 2.45) is 11.8 Å². The second kappa shape index (κ2) is 6.02. The predicted molar refractivity (Wildman–Crippen MR) is 62.4 cm³/mol. The molecule has 78 valence electrons. The van der Waals surface area contributed by atoms with E-state index in [1.54, 1.807) is 0 Å². The van der Waals surface area contributed by atoms with Crippen LogP contribution in [0.4, 0.5) is 0 Å². The molecule has 1 nitrogen and oxygen atoms in total. The maximum atomic E-state index is 3.52. The van der Waals surface area contributed by atoms with Crippen LogP contribution in [0, 0.1) is 11.8 Å². The van der Waals surface area contributed by atoms with E-state index in [0.29, 0.717) is 0 Å². The second-order valence-corrected chi connectivity index (χ2v) is 5.41. The van der Waals surface area contributed by atoms with E-state index in [-0.39, 0.29) is 0 Å². The number of nitrogens with zero attached hydrogens (tertiary/aromatic N) is 1. The topological polar surface area (TPSA) is 3.24 Å². The predicted octanol–water partition coefficient (Wildman–Crippen LogP) is 3.14. The summed E-state index contributed by atoms with van der Waals surface area (Å²) >= 11 is 3.52. The lowest BCUT2D eigenvalue weighted by molar-refractivity contribution is 0.301. The lowest BCUT2D eigenvalue weighted by atomic mass is 10.1. The number of hydrogen-bond donors (Lipinski definition) is 0. The Hall–Kier alpha value is 0.440. The molecule has 0 saturated carbocycles. The highest BCUT2D eigenvalue weighted by molar-refractivity contribution is 9.09. The van der Waals surface area contributed by atoms with Gasteiger partial charge in [-0.2, -0.15) is 0 Å². The van der Waals surface area contributed by atoms with Gasteiger partial charge in [-0.3, -0.25) is 0 Å². The average Bonchev–Trinajstić information content (AvgIpc) is 2.50. The molecule has 13 heavy (non-hydrogen) atoms. The Bertz CT molecular complexity index is 136. The van der Waals surface area contributed by atoms with E-state index in [1.165, 1.54) is 44.2 Å². The van der Waals surface area contributed by atoms with Gasteiger partial charge in [-0.1, -0.05) is 29.8 Å². The van der Waals surface area contributed by atoms with Crippen molar-refractivity contribution < 1.29 is 0 Å². The van der Waals surface area contributed by atoms with E-state index < -0.39 is 0 Å². The Labute approximate surface area is 91.0 Å². The molecule has 0 aromatic rings. The summed E-state index contributed by atoms with van der Waals surface area (Å²) in [6, 6.07) is 0. The van der Waals surface area contributed by atoms with E-state index in [1.807, 2.05) is 0 Å². The molecule has 1 fully saturated rings. The van der Waals surface area contributed by atoms with Crippen LogP contribution in [0.5, 0.6) is 0 Å². The van der Waals surface area contributed by atoms with Gasteiger partial charge in [0, 0.05) is 11.9 Å². The van der Waals surface area contributed by atoms with Crippen LogP contribution in [0.3, 0.4) is 0 Å². The number of rotatable bonds is 5. The Balaban J connectivity index is 2.10. The molecule has 1 aliphatic rings. The zero-order chi connectivity index (χ0) is 9.68. The van der Waals surface area contributed by atoms with Crippen molar-refractivity contribution in [3.8, 4) is 0 Å². The fourth-order valence-corrected chi connectivity index (χ4v) is 2.59. The minimum Gasteiger partial charge on any atom is -0.303 e. The highest BCUT2D eigenvalue weighted by Crippen LogP contribution is 2.20. The van der Waals surface area contributed by atoms with Gasteiger partial charge in [0.2, 0.25) is 0 Å². The van der Waals surface area contributed by atoms with E-state index in [9.17, 15) is 0 Å². The minimum absolute atomic E-state index is 0.857. The fourth-order valence-electron chi connectivity index (χ4n) is 1.95. The summed E-state index contributed by atoms with van der Waals surface area (Å²) in [4.78, 5) is 2.63. The molecule has 1 aliphatic heterocycles. The first kappa shape index (κ1) is 11.5. The van der Waals surface area contributed by atoms with Crippen LogP contribution < -0.4 is 0 Å². The Morgan fingerprint density at radius 1 is 1.46 bits per heavy atom. The van der Waals surface area contributed by atoms with Crippen molar-refractivity contribution in [2.45, 2.75) is 33.1 Å². The van der Waals surface area contributed by atoms with Crippen molar-refractivity contribution in [1.82, 2.24) is 4.90 Å². The van der Waals surface area contributed by atoms with Gasteiger partial charge in [0.15, 0.2) is 0 Å². The van der Waals surface area contributed by atoms with Crippen LogP contribution >= 0.6 is 15.9 Å². The van der Waals surface area contributed by atoms with Crippen LogP contribution in [-0.2, 0) is 0 Å². The summed E-state index contributed by atoms with van der Waals surface area (Å²) < 4.78 is 0. The van der Waals surface area contributed by atoms with E-state index in [2.05, 4.69) is 34.7 Å². The summed E-state index contributed by atoms with van der Waals surface area (Å²) in [6.45, 7) is 8.62. The smallest absolute Gasteiger partial charge is 0.00344 e. The van der Waals surface area contributed by atoms with E-state index in [4.69, 9.17) is 0 Å². The van der Waals surface area contributed by atoms with Crippen LogP contribution in [0.1, 0.15) is 33.1 Å². The monoisotopic (exact) mass is 247 g/mol. The van der Waals surface area contributed by atoms with Gasteiger partial charge in [0.25, 0.3) is 0 Å². The van der Waals surface area contributed by atoms with Crippen molar-refractivity contribution >= 4 is 15.9 Å². The van der Waals surface area contributed by atoms with Crippen LogP contribution in [0.2, 0.25) is 0 Å². The molecular weight excluding hydrogens is 226 g/mol. The largest absolute Gasteiger partial charge is 0.303 e. The minimum atomic E-state index is 0.857. The van der Waals surface area contributed by atoms with Crippen LogP contribution in [0.25, 0.3) is 0 Å². The molecule has 0 aromatic heterocycles. The molecule has 0 N–H and O–H groups in total. The normalized spacial score (nSPS) is 24.5. The summed E-state index contributed by atoms with van der Waals surface area (Å²) in [5, 5.41) is 1.18. The molecule has 0 aromatic carbocycles. The first-order chi connectivity index (χ1) is 6.22. The quantitative estimate of drug-likeness (QED) is 0.675. The summed E-state index contributed by atoms with van der Waals surface area (Å²) in [5.41, 5.74) is 0. The number of likely N-dealkylation sites (tertiary alicyclic amines) is 1. The number of alkyl halides is 1. The van der Waals surface area contributed by atoms with E-state index >= 15 is 0 Å². The van der Waals surface area contributed by atoms with Gasteiger partial charge < -0.3 is 4.90 Å². The van der Waals surface area contributed by atoms with Crippen LogP contribution in [-0.4, -0.2) is 29.9 Å². The summed E-state index contributed by atoms with van der Waals surface area (Å²) in [5.74, 6) is 1.82. The maximum absolute atomic E-state index is 3.52. The van der Waals surface area contributed by atoms with Crippen LogP contribution in [0.15, 0.2) is 0 Å². The lowest BCUT2D eigenvalue weighted by Crippen LogP contribution is -2.23. The maximum Gasteiger partial charge on any atom is 0.00344 e. The van der Waals surface area contributed by atoms with Gasteiger partial charge in [-0.25, -0.2) is 0 Å². The third-order valence-electron chi connectivity index (χ3n) is 2.91. The lowest BCUT2D eigenvalue weighted by Gasteiger charge is -2.16. The van der Waals surface area contributed by atoms with Gasteiger partial charge in [-0.15, -0.1) is 0 Å². The molecule has 1 saturated heterocycles. The molecule has 1 rings (SSSR count). The molecule has 1 unspecified atom stereocenters. The van der Waals surface area contributed by atoms with Gasteiger partial charge in [0.1, 0.15) is 0 Å². The van der Waals surface area contributed by atoms with Crippen molar-refractivity contribution in [3.63, 3.8) is 0 Å². The van der Waals surface area contributed by atoms with Gasteiger partial charge in [-0.05, 0) is 44.2 Å². The van der Waals surface area contributed by atoms with Crippen molar-refractivity contribution in [2.75, 3.05) is 25.0 Å². The molecule has 0 amide bonds. The molecule has 0 radical (unpaired) electrons. The Kier molecular flexibility index (Phi) is 5.34. The highest BCUT2D eigenvalue weighted by Gasteiger charge is 2.21. The average molecular weight is 248 g/mol. The number of halogens is 1.